The van der Waals surface area contributed by atoms with Crippen LogP contribution in [0.4, 0.5) is 0 Å². The number of benzene rings is 1. The maximum absolute atomic E-state index is 12.7. The normalized spacial score (nSPS) is 17.8. The molecule has 1 aromatic rings. The SMILES string of the molecule is CC(C)Sc1cccc(C(=O)N2CCNC(=O)C2(C)C)c1. The lowest BCUT2D eigenvalue weighted by Gasteiger charge is -2.41. The van der Waals surface area contributed by atoms with Crippen LogP contribution in [0.1, 0.15) is 38.1 Å². The second kappa shape index (κ2) is 6.10. The second-order valence-electron chi connectivity index (χ2n) is 5.97. The molecule has 0 atom stereocenters. The van der Waals surface area contributed by atoms with E-state index >= 15 is 0 Å². The molecule has 0 saturated carbocycles. The van der Waals surface area contributed by atoms with Crippen LogP contribution in [0.25, 0.3) is 0 Å². The third-order valence-electron chi connectivity index (χ3n) is 3.55. The van der Waals surface area contributed by atoms with Crippen molar-refractivity contribution in [2.75, 3.05) is 13.1 Å². The van der Waals surface area contributed by atoms with Crippen LogP contribution in [0.3, 0.4) is 0 Å². The lowest BCUT2D eigenvalue weighted by Crippen LogP contribution is -2.63. The van der Waals surface area contributed by atoms with Crippen LogP contribution in [-0.4, -0.2) is 40.6 Å². The van der Waals surface area contributed by atoms with Crippen LogP contribution >= 0.6 is 11.8 Å². The molecule has 1 N–H and O–H groups in total. The summed E-state index contributed by atoms with van der Waals surface area (Å²) in [5, 5.41) is 3.27. The molecule has 1 aliphatic rings. The van der Waals surface area contributed by atoms with Gasteiger partial charge in [0, 0.05) is 28.8 Å². The van der Waals surface area contributed by atoms with Gasteiger partial charge in [-0.15, -0.1) is 11.8 Å². The third-order valence-corrected chi connectivity index (χ3v) is 4.55. The first-order valence-electron chi connectivity index (χ1n) is 7.19. The first-order valence-corrected chi connectivity index (χ1v) is 8.07. The van der Waals surface area contributed by atoms with Crippen LogP contribution < -0.4 is 5.32 Å². The third kappa shape index (κ3) is 3.40. The number of thioether (sulfide) groups is 1. The van der Waals surface area contributed by atoms with Crippen LogP contribution in [0, 0.1) is 0 Å². The van der Waals surface area contributed by atoms with E-state index in [4.69, 9.17) is 0 Å². The van der Waals surface area contributed by atoms with Gasteiger partial charge in [-0.05, 0) is 32.0 Å². The van der Waals surface area contributed by atoms with Crippen LogP contribution in [0.2, 0.25) is 0 Å². The van der Waals surface area contributed by atoms with Crippen molar-refractivity contribution in [1.29, 1.82) is 0 Å². The Kier molecular flexibility index (Phi) is 4.61. The van der Waals surface area contributed by atoms with E-state index in [9.17, 15) is 9.59 Å². The molecular formula is C16H22N2O2S. The molecule has 114 valence electrons. The Morgan fingerprint density at radius 3 is 2.76 bits per heavy atom. The highest BCUT2D eigenvalue weighted by Crippen LogP contribution is 2.26. The van der Waals surface area contributed by atoms with Crippen molar-refractivity contribution >= 4 is 23.6 Å². The predicted molar refractivity (Wildman–Crippen MR) is 85.6 cm³/mol. The molecule has 1 fully saturated rings. The Morgan fingerprint density at radius 1 is 1.38 bits per heavy atom. The van der Waals surface area contributed by atoms with Gasteiger partial charge in [0.05, 0.1) is 0 Å². The van der Waals surface area contributed by atoms with Crippen LogP contribution in [0.5, 0.6) is 0 Å². The minimum absolute atomic E-state index is 0.0824. The number of nitrogens with zero attached hydrogens (tertiary/aromatic N) is 1. The summed E-state index contributed by atoms with van der Waals surface area (Å²) in [6.07, 6.45) is 0. The molecule has 21 heavy (non-hydrogen) atoms. The largest absolute Gasteiger partial charge is 0.352 e. The molecule has 1 heterocycles. The van der Waals surface area contributed by atoms with Crippen molar-refractivity contribution in [3.05, 3.63) is 29.8 Å². The highest BCUT2D eigenvalue weighted by molar-refractivity contribution is 7.99. The summed E-state index contributed by atoms with van der Waals surface area (Å²) in [5.74, 6) is -0.184. The van der Waals surface area contributed by atoms with E-state index < -0.39 is 5.54 Å². The van der Waals surface area contributed by atoms with Crippen LogP contribution in [0.15, 0.2) is 29.2 Å². The van der Waals surface area contributed by atoms with Crippen LogP contribution in [-0.2, 0) is 4.79 Å². The molecule has 0 bridgehead atoms. The highest BCUT2D eigenvalue weighted by atomic mass is 32.2. The summed E-state index contributed by atoms with van der Waals surface area (Å²) >= 11 is 1.73. The van der Waals surface area contributed by atoms with Gasteiger partial charge in [-0.3, -0.25) is 9.59 Å². The van der Waals surface area contributed by atoms with Gasteiger partial charge in [-0.2, -0.15) is 0 Å². The fraction of sp³-hybridized carbons (Fsp3) is 0.500. The number of carbonyl (C=O) groups is 2. The number of rotatable bonds is 3. The van der Waals surface area contributed by atoms with Crippen molar-refractivity contribution in [3.63, 3.8) is 0 Å². The van der Waals surface area contributed by atoms with Gasteiger partial charge in [0.15, 0.2) is 0 Å². The van der Waals surface area contributed by atoms with Gasteiger partial charge < -0.3 is 10.2 Å². The number of hydrogen-bond acceptors (Lipinski definition) is 3. The molecule has 2 rings (SSSR count). The number of piperazine rings is 1. The van der Waals surface area contributed by atoms with Crippen molar-refractivity contribution in [2.24, 2.45) is 0 Å². The summed E-state index contributed by atoms with van der Waals surface area (Å²) in [4.78, 5) is 27.4. The van der Waals surface area contributed by atoms with Gasteiger partial charge in [0.1, 0.15) is 5.54 Å². The second-order valence-corrected chi connectivity index (χ2v) is 7.62. The van der Waals surface area contributed by atoms with Gasteiger partial charge in [-0.1, -0.05) is 19.9 Å². The summed E-state index contributed by atoms with van der Waals surface area (Å²) < 4.78 is 0. The summed E-state index contributed by atoms with van der Waals surface area (Å²) in [6.45, 7) is 8.86. The minimum Gasteiger partial charge on any atom is -0.352 e. The zero-order chi connectivity index (χ0) is 15.6. The zero-order valence-corrected chi connectivity index (χ0v) is 13.8. The van der Waals surface area contributed by atoms with E-state index in [1.165, 1.54) is 0 Å². The fourth-order valence-electron chi connectivity index (χ4n) is 2.39. The van der Waals surface area contributed by atoms with E-state index in [0.717, 1.165) is 4.90 Å². The van der Waals surface area contributed by atoms with E-state index in [-0.39, 0.29) is 11.8 Å². The predicted octanol–water partition coefficient (Wildman–Crippen LogP) is 2.54. The quantitative estimate of drug-likeness (QED) is 0.873. The molecule has 0 aromatic heterocycles. The zero-order valence-electron chi connectivity index (χ0n) is 13.0. The monoisotopic (exact) mass is 306 g/mol. The van der Waals surface area contributed by atoms with E-state index in [1.807, 2.05) is 24.3 Å². The van der Waals surface area contributed by atoms with E-state index in [1.54, 1.807) is 30.5 Å². The molecule has 1 aliphatic heterocycles. The van der Waals surface area contributed by atoms with Crippen molar-refractivity contribution in [3.8, 4) is 0 Å². The minimum atomic E-state index is -0.809. The first-order chi connectivity index (χ1) is 9.82. The molecule has 5 heteroatoms. The average Bonchev–Trinajstić information content (AvgIpc) is 2.40. The Bertz CT molecular complexity index is 555. The standard InChI is InChI=1S/C16H22N2O2S/c1-11(2)21-13-7-5-6-12(10-13)14(19)18-9-8-17-15(20)16(18,3)4/h5-7,10-11H,8-9H2,1-4H3,(H,17,20). The van der Waals surface area contributed by atoms with Crippen molar-refractivity contribution < 1.29 is 9.59 Å². The van der Waals surface area contributed by atoms with E-state index in [0.29, 0.717) is 23.9 Å². The molecule has 4 nitrogen and oxygen atoms in total. The Hall–Kier alpha value is -1.49. The van der Waals surface area contributed by atoms with Crippen molar-refractivity contribution in [1.82, 2.24) is 10.2 Å². The molecule has 2 amide bonds. The molecule has 1 aromatic carbocycles. The molecule has 0 aliphatic carbocycles. The topological polar surface area (TPSA) is 49.4 Å². The Balaban J connectivity index is 2.25. The lowest BCUT2D eigenvalue weighted by atomic mass is 9.97. The fourth-order valence-corrected chi connectivity index (χ4v) is 3.28. The number of amides is 2. The smallest absolute Gasteiger partial charge is 0.254 e. The van der Waals surface area contributed by atoms with Crippen molar-refractivity contribution in [2.45, 2.75) is 43.4 Å². The van der Waals surface area contributed by atoms with Gasteiger partial charge in [0.25, 0.3) is 5.91 Å². The number of nitrogens with one attached hydrogen (secondary N) is 1. The van der Waals surface area contributed by atoms with Gasteiger partial charge in [-0.25, -0.2) is 0 Å². The number of hydrogen-bond donors (Lipinski definition) is 1. The average molecular weight is 306 g/mol. The first kappa shape index (κ1) is 15.9. The summed E-state index contributed by atoms with van der Waals surface area (Å²) in [5.41, 5.74) is -0.167. The highest BCUT2D eigenvalue weighted by Gasteiger charge is 2.40. The maximum atomic E-state index is 12.7. The Morgan fingerprint density at radius 2 is 2.10 bits per heavy atom. The Labute approximate surface area is 130 Å². The summed E-state index contributed by atoms with van der Waals surface area (Å²) in [6, 6.07) is 7.63. The maximum Gasteiger partial charge on any atom is 0.254 e. The molecule has 0 spiro atoms. The van der Waals surface area contributed by atoms with E-state index in [2.05, 4.69) is 19.2 Å². The molecular weight excluding hydrogens is 284 g/mol. The number of carbonyl (C=O) groups excluding carboxylic acids is 2. The molecule has 0 unspecified atom stereocenters. The van der Waals surface area contributed by atoms with Gasteiger partial charge >= 0.3 is 0 Å². The lowest BCUT2D eigenvalue weighted by molar-refractivity contribution is -0.133. The van der Waals surface area contributed by atoms with Gasteiger partial charge in [0.2, 0.25) is 5.91 Å². The molecule has 1 saturated heterocycles. The summed E-state index contributed by atoms with van der Waals surface area (Å²) in [7, 11) is 0. The molecule has 0 radical (unpaired) electrons.